The van der Waals surface area contributed by atoms with Crippen LogP contribution in [0.3, 0.4) is 0 Å². The number of nitrogens with zero attached hydrogens (tertiary/aromatic N) is 2. The molecule has 0 saturated carbocycles. The lowest BCUT2D eigenvalue weighted by Crippen LogP contribution is -2.57. The highest BCUT2D eigenvalue weighted by Gasteiger charge is 2.33. The first-order valence-electron chi connectivity index (χ1n) is 13.8. The average Bonchev–Trinajstić information content (AvgIpc) is 2.98. The van der Waals surface area contributed by atoms with Crippen molar-refractivity contribution in [1.29, 1.82) is 0 Å². The lowest BCUT2D eigenvalue weighted by molar-refractivity contribution is -0.116. The number of pyridine rings is 1. The number of hydrogen-bond acceptors (Lipinski definition) is 5. The summed E-state index contributed by atoms with van der Waals surface area (Å²) in [7, 11) is -4.06. The van der Waals surface area contributed by atoms with Gasteiger partial charge in [-0.3, -0.25) is 9.78 Å². The highest BCUT2D eigenvalue weighted by atomic mass is 35.5. The van der Waals surface area contributed by atoms with Crippen LogP contribution in [-0.4, -0.2) is 67.9 Å². The molecular weight excluding hydrogens is 629 g/mol. The first-order chi connectivity index (χ1) is 21.0. The van der Waals surface area contributed by atoms with Crippen LogP contribution in [0.15, 0.2) is 54.9 Å². The van der Waals surface area contributed by atoms with Crippen molar-refractivity contribution >= 4 is 33.4 Å². The standard InChI is InChI=1S/C29H31ClF5N5O3S/c30-13-23(34)14-38-44(42,43)40-8-7-36-15-24(40)5-6-25-27(35)16-37-17-28(25)39-29(41)12-26(18-1-3-20(31)4-2-18)19-9-21(32)11-22(33)10-19/h1-4,9-11,16-17,23-24,26,36,38H,5-8,12-15H2,(H,39,41)/t23?,24-,26?/m0/s1. The number of halogens is 6. The van der Waals surface area contributed by atoms with E-state index in [4.69, 9.17) is 11.6 Å². The summed E-state index contributed by atoms with van der Waals surface area (Å²) in [6.45, 7) is 0.235. The van der Waals surface area contributed by atoms with Gasteiger partial charge < -0.3 is 10.6 Å². The van der Waals surface area contributed by atoms with Gasteiger partial charge in [0.15, 0.2) is 0 Å². The molecule has 0 bridgehead atoms. The molecule has 0 spiro atoms. The second kappa shape index (κ2) is 15.2. The summed E-state index contributed by atoms with van der Waals surface area (Å²) >= 11 is 5.44. The molecule has 3 aromatic rings. The molecule has 3 atom stereocenters. The van der Waals surface area contributed by atoms with Crippen molar-refractivity contribution in [3.8, 4) is 0 Å². The highest BCUT2D eigenvalue weighted by Crippen LogP contribution is 2.31. The molecule has 2 heterocycles. The van der Waals surface area contributed by atoms with Crippen molar-refractivity contribution < 1.29 is 35.2 Å². The van der Waals surface area contributed by atoms with E-state index in [0.717, 1.165) is 30.5 Å². The minimum atomic E-state index is -4.06. The zero-order valence-corrected chi connectivity index (χ0v) is 25.0. The number of alkyl halides is 2. The van der Waals surface area contributed by atoms with Crippen LogP contribution in [0.5, 0.6) is 0 Å². The largest absolute Gasteiger partial charge is 0.324 e. The number of carbonyl (C=O) groups is 1. The Kier molecular flexibility index (Phi) is 11.7. The van der Waals surface area contributed by atoms with Gasteiger partial charge in [0.2, 0.25) is 5.91 Å². The van der Waals surface area contributed by atoms with E-state index >= 15 is 4.39 Å². The first kappa shape index (κ1) is 33.7. The van der Waals surface area contributed by atoms with Gasteiger partial charge in [-0.05, 0) is 48.2 Å². The summed E-state index contributed by atoms with van der Waals surface area (Å²) < 4.78 is 99.5. The molecule has 2 unspecified atom stereocenters. The average molecular weight is 660 g/mol. The zero-order valence-electron chi connectivity index (χ0n) is 23.4. The number of anilines is 1. The molecule has 1 aliphatic heterocycles. The van der Waals surface area contributed by atoms with Crippen LogP contribution in [0.2, 0.25) is 0 Å². The first-order valence-corrected chi connectivity index (χ1v) is 15.7. The number of rotatable bonds is 13. The summed E-state index contributed by atoms with van der Waals surface area (Å²) in [6, 6.07) is 7.37. The van der Waals surface area contributed by atoms with E-state index in [9.17, 15) is 30.8 Å². The maximum Gasteiger partial charge on any atom is 0.279 e. The van der Waals surface area contributed by atoms with Crippen LogP contribution in [-0.2, 0) is 21.4 Å². The van der Waals surface area contributed by atoms with E-state index in [-0.39, 0.29) is 55.0 Å². The second-order valence-electron chi connectivity index (χ2n) is 10.3. The van der Waals surface area contributed by atoms with Gasteiger partial charge in [-0.2, -0.15) is 17.4 Å². The normalized spacial score (nSPS) is 17.3. The third kappa shape index (κ3) is 8.94. The second-order valence-corrected chi connectivity index (χ2v) is 12.3. The molecule has 0 aliphatic carbocycles. The Morgan fingerprint density at radius 1 is 1.05 bits per heavy atom. The van der Waals surface area contributed by atoms with Crippen LogP contribution >= 0.6 is 11.6 Å². The number of carbonyl (C=O) groups excluding carboxylic acids is 1. The minimum absolute atomic E-state index is 0.00620. The van der Waals surface area contributed by atoms with Crippen molar-refractivity contribution in [3.63, 3.8) is 0 Å². The minimum Gasteiger partial charge on any atom is -0.324 e. The van der Waals surface area contributed by atoms with Crippen LogP contribution in [0.4, 0.5) is 27.6 Å². The molecule has 8 nitrogen and oxygen atoms in total. The molecule has 238 valence electrons. The quantitative estimate of drug-likeness (QED) is 0.186. The maximum atomic E-state index is 15.0. The van der Waals surface area contributed by atoms with Gasteiger partial charge in [-0.1, -0.05) is 12.1 Å². The summed E-state index contributed by atoms with van der Waals surface area (Å²) in [4.78, 5) is 17.1. The van der Waals surface area contributed by atoms with Crippen molar-refractivity contribution in [2.24, 2.45) is 0 Å². The molecule has 1 aliphatic rings. The molecule has 2 aromatic carbocycles. The summed E-state index contributed by atoms with van der Waals surface area (Å²) in [6.07, 6.45) is 0.469. The van der Waals surface area contributed by atoms with Gasteiger partial charge in [0.05, 0.1) is 24.0 Å². The van der Waals surface area contributed by atoms with Gasteiger partial charge in [0, 0.05) is 56.2 Å². The van der Waals surface area contributed by atoms with Gasteiger partial charge in [-0.25, -0.2) is 22.0 Å². The Labute approximate surface area is 257 Å². The number of hydrogen-bond donors (Lipinski definition) is 3. The molecule has 1 fully saturated rings. The Morgan fingerprint density at radius 2 is 1.75 bits per heavy atom. The molecular formula is C29H31ClF5N5O3S. The van der Waals surface area contributed by atoms with Crippen LogP contribution in [0, 0.1) is 23.3 Å². The van der Waals surface area contributed by atoms with E-state index < -0.39 is 64.1 Å². The molecule has 15 heteroatoms. The number of benzene rings is 2. The maximum absolute atomic E-state index is 15.0. The predicted octanol–water partition coefficient (Wildman–Crippen LogP) is 4.42. The fourth-order valence-corrected chi connectivity index (χ4v) is 6.63. The van der Waals surface area contributed by atoms with E-state index in [2.05, 4.69) is 20.3 Å². The Bertz CT molecular complexity index is 1530. The fraction of sp³-hybridized carbons (Fsp3) is 0.379. The fourth-order valence-electron chi connectivity index (χ4n) is 5.06. The number of amides is 1. The van der Waals surface area contributed by atoms with Crippen molar-refractivity contribution in [3.05, 3.63) is 94.8 Å². The lowest BCUT2D eigenvalue weighted by atomic mass is 9.88. The third-order valence-corrected chi connectivity index (χ3v) is 9.18. The lowest BCUT2D eigenvalue weighted by Gasteiger charge is -2.35. The zero-order chi connectivity index (χ0) is 31.9. The third-order valence-electron chi connectivity index (χ3n) is 7.22. The number of piperazine rings is 1. The van der Waals surface area contributed by atoms with Gasteiger partial charge in [0.1, 0.15) is 29.4 Å². The Hall–Kier alpha value is -3.17. The molecule has 4 rings (SSSR count). The Morgan fingerprint density at radius 3 is 2.43 bits per heavy atom. The van der Waals surface area contributed by atoms with Crippen LogP contribution in [0.1, 0.15) is 35.4 Å². The van der Waals surface area contributed by atoms with E-state index in [1.807, 2.05) is 0 Å². The van der Waals surface area contributed by atoms with Gasteiger partial charge in [0.25, 0.3) is 10.2 Å². The topological polar surface area (TPSA) is 103 Å². The number of aromatic nitrogens is 1. The van der Waals surface area contributed by atoms with E-state index in [1.165, 1.54) is 22.6 Å². The smallest absolute Gasteiger partial charge is 0.279 e. The molecule has 1 aromatic heterocycles. The molecule has 1 amide bonds. The van der Waals surface area contributed by atoms with E-state index in [1.54, 1.807) is 0 Å². The molecule has 1 saturated heterocycles. The predicted molar refractivity (Wildman–Crippen MR) is 156 cm³/mol. The summed E-state index contributed by atoms with van der Waals surface area (Å²) in [5.74, 6) is -4.84. The van der Waals surface area contributed by atoms with Crippen molar-refractivity contribution in [2.75, 3.05) is 37.4 Å². The van der Waals surface area contributed by atoms with Crippen LogP contribution < -0.4 is 15.4 Å². The highest BCUT2D eigenvalue weighted by molar-refractivity contribution is 7.87. The van der Waals surface area contributed by atoms with Crippen molar-refractivity contribution in [2.45, 2.75) is 37.4 Å². The summed E-state index contributed by atoms with van der Waals surface area (Å²) in [5.41, 5.74) is 0.683. The van der Waals surface area contributed by atoms with Crippen LogP contribution in [0.25, 0.3) is 0 Å². The molecule has 0 radical (unpaired) electrons. The number of nitrogens with one attached hydrogen (secondary N) is 3. The molecule has 3 N–H and O–H groups in total. The van der Waals surface area contributed by atoms with Gasteiger partial charge in [-0.15, -0.1) is 11.6 Å². The SMILES string of the molecule is O=C(CC(c1ccc(F)cc1)c1cc(F)cc(F)c1)Nc1cncc(F)c1CC[C@H]1CNCCN1S(=O)(=O)NCC(F)CCl. The van der Waals surface area contributed by atoms with E-state index in [0.29, 0.717) is 18.2 Å². The monoisotopic (exact) mass is 659 g/mol. The summed E-state index contributed by atoms with van der Waals surface area (Å²) in [5, 5.41) is 5.71. The Balaban J connectivity index is 1.51. The van der Waals surface area contributed by atoms with Gasteiger partial charge >= 0.3 is 0 Å². The molecule has 44 heavy (non-hydrogen) atoms. The van der Waals surface area contributed by atoms with Crippen molar-refractivity contribution in [1.82, 2.24) is 19.3 Å².